The molecule has 0 aromatic carbocycles. The molecule has 0 bridgehead atoms. The highest BCUT2D eigenvalue weighted by atomic mass is 31.2. The van der Waals surface area contributed by atoms with Crippen LogP contribution in [0.5, 0.6) is 0 Å². The Morgan fingerprint density at radius 1 is 0.492 bits per heavy atom. The number of allylic oxidation sites excluding steroid dienone is 2. The summed E-state index contributed by atoms with van der Waals surface area (Å²) in [6.07, 6.45) is 52.4. The lowest BCUT2D eigenvalue weighted by Gasteiger charge is -2.28. The lowest BCUT2D eigenvalue weighted by atomic mass is 10.0. The van der Waals surface area contributed by atoms with Crippen LogP contribution in [0.15, 0.2) is 12.2 Å². The van der Waals surface area contributed by atoms with E-state index in [4.69, 9.17) is 18.5 Å². The van der Waals surface area contributed by atoms with E-state index < -0.39 is 13.9 Å². The van der Waals surface area contributed by atoms with Crippen LogP contribution in [-0.4, -0.2) is 70.7 Å². The molecule has 0 aromatic rings. The molecule has 0 aliphatic rings. The van der Waals surface area contributed by atoms with Crippen LogP contribution in [0.2, 0.25) is 0 Å². The van der Waals surface area contributed by atoms with Crippen LogP contribution < -0.4 is 4.89 Å². The minimum atomic E-state index is -4.53. The summed E-state index contributed by atoms with van der Waals surface area (Å²) in [6, 6.07) is 0. The Balaban J connectivity index is 4.04. The average molecular weight is 886 g/mol. The van der Waals surface area contributed by atoms with Gasteiger partial charge in [-0.1, -0.05) is 225 Å². The molecule has 0 aliphatic carbocycles. The molecule has 0 aliphatic heterocycles. The number of carbonyl (C=O) groups is 1. The predicted molar refractivity (Wildman–Crippen MR) is 259 cm³/mol. The van der Waals surface area contributed by atoms with E-state index in [-0.39, 0.29) is 25.8 Å². The van der Waals surface area contributed by atoms with E-state index in [0.717, 1.165) is 44.9 Å². The zero-order chi connectivity index (χ0) is 44.8. The molecule has 0 rings (SSSR count). The minimum Gasteiger partial charge on any atom is -0.756 e. The fourth-order valence-corrected chi connectivity index (χ4v) is 8.45. The van der Waals surface area contributed by atoms with Crippen molar-refractivity contribution in [2.45, 2.75) is 264 Å². The fraction of sp³-hybridized carbons (Fsp3) is 0.942. The van der Waals surface area contributed by atoms with Gasteiger partial charge in [-0.15, -0.1) is 0 Å². The summed E-state index contributed by atoms with van der Waals surface area (Å²) in [6.45, 7) is 5.46. The van der Waals surface area contributed by atoms with Crippen LogP contribution in [0.1, 0.15) is 258 Å². The minimum absolute atomic E-state index is 0.0281. The van der Waals surface area contributed by atoms with Gasteiger partial charge in [0.2, 0.25) is 0 Å². The Hall–Kier alpha value is -0.760. The summed E-state index contributed by atoms with van der Waals surface area (Å²) in [7, 11) is 1.37. The van der Waals surface area contributed by atoms with Gasteiger partial charge in [-0.3, -0.25) is 9.36 Å². The number of unbranched alkanes of at least 4 members (excludes halogenated alkanes) is 34. The molecule has 2 unspecified atom stereocenters. The molecule has 9 heteroatoms. The Bertz CT molecular complexity index is 987. The van der Waals surface area contributed by atoms with E-state index in [1.54, 1.807) is 0 Å². The molecule has 0 amide bonds. The third-order valence-corrected chi connectivity index (χ3v) is 12.8. The molecule has 8 nitrogen and oxygen atoms in total. The van der Waals surface area contributed by atoms with Gasteiger partial charge in [-0.2, -0.15) is 0 Å². The molecular formula is C52H104NO7P. The van der Waals surface area contributed by atoms with Crippen molar-refractivity contribution in [2.24, 2.45) is 0 Å². The van der Waals surface area contributed by atoms with Crippen LogP contribution in [-0.2, 0) is 27.9 Å². The van der Waals surface area contributed by atoms with Gasteiger partial charge >= 0.3 is 5.97 Å². The molecule has 0 heterocycles. The van der Waals surface area contributed by atoms with E-state index in [9.17, 15) is 14.3 Å². The van der Waals surface area contributed by atoms with Crippen molar-refractivity contribution < 1.29 is 37.3 Å². The quantitative estimate of drug-likeness (QED) is 0.0197. The Morgan fingerprint density at radius 2 is 0.852 bits per heavy atom. The van der Waals surface area contributed by atoms with E-state index in [0.29, 0.717) is 24.1 Å². The van der Waals surface area contributed by atoms with Crippen LogP contribution in [0.25, 0.3) is 0 Å². The van der Waals surface area contributed by atoms with Crippen LogP contribution >= 0.6 is 7.82 Å². The third kappa shape index (κ3) is 50.1. The molecule has 0 radical (unpaired) electrons. The van der Waals surface area contributed by atoms with Crippen molar-refractivity contribution in [1.29, 1.82) is 0 Å². The molecule has 0 saturated heterocycles. The van der Waals surface area contributed by atoms with Crippen LogP contribution in [0.4, 0.5) is 0 Å². The van der Waals surface area contributed by atoms with Crippen molar-refractivity contribution in [2.75, 3.05) is 54.1 Å². The van der Waals surface area contributed by atoms with E-state index in [1.165, 1.54) is 193 Å². The molecular weight excluding hydrogens is 782 g/mol. The molecule has 0 aromatic heterocycles. The molecule has 0 spiro atoms. The van der Waals surface area contributed by atoms with Gasteiger partial charge in [0.25, 0.3) is 7.82 Å². The van der Waals surface area contributed by atoms with Gasteiger partial charge in [0, 0.05) is 13.0 Å². The largest absolute Gasteiger partial charge is 0.756 e. The Morgan fingerprint density at radius 3 is 1.25 bits per heavy atom. The number of quaternary nitrogens is 1. The van der Waals surface area contributed by atoms with E-state index in [2.05, 4.69) is 26.0 Å². The van der Waals surface area contributed by atoms with Crippen molar-refractivity contribution in [1.82, 2.24) is 0 Å². The second-order valence-corrected chi connectivity index (χ2v) is 20.7. The standard InChI is InChI=1S/C52H104NO7P/c1-6-8-10-12-14-16-18-20-22-23-24-25-26-27-28-29-30-32-34-36-38-40-42-44-47-57-49-51(50-59-61(55,56)58-48-46-53(3,4)5)60-52(54)45-43-41-39-37-35-33-31-21-19-17-15-13-11-9-7-2/h21,31,51H,6-20,22-30,32-50H2,1-5H3/b31-21-. The van der Waals surface area contributed by atoms with Gasteiger partial charge in [0.1, 0.15) is 19.3 Å². The number of hydrogen-bond donors (Lipinski definition) is 0. The molecule has 0 saturated carbocycles. The summed E-state index contributed by atoms with van der Waals surface area (Å²) in [5, 5.41) is 0. The first-order chi connectivity index (χ1) is 29.6. The third-order valence-electron chi connectivity index (χ3n) is 11.8. The average Bonchev–Trinajstić information content (AvgIpc) is 3.22. The normalized spacial score (nSPS) is 13.6. The number of rotatable bonds is 50. The van der Waals surface area contributed by atoms with E-state index in [1.807, 2.05) is 21.1 Å². The number of phosphoric ester groups is 1. The number of esters is 1. The van der Waals surface area contributed by atoms with Gasteiger partial charge < -0.3 is 27.9 Å². The fourth-order valence-electron chi connectivity index (χ4n) is 7.72. The molecule has 0 fully saturated rings. The van der Waals surface area contributed by atoms with Gasteiger partial charge in [0.05, 0.1) is 34.4 Å². The highest BCUT2D eigenvalue weighted by molar-refractivity contribution is 7.45. The van der Waals surface area contributed by atoms with Crippen LogP contribution in [0, 0.1) is 0 Å². The van der Waals surface area contributed by atoms with Crippen LogP contribution in [0.3, 0.4) is 0 Å². The van der Waals surface area contributed by atoms with Crippen molar-refractivity contribution in [3.63, 3.8) is 0 Å². The number of carbonyl (C=O) groups excluding carboxylic acids is 1. The first-order valence-corrected chi connectivity index (χ1v) is 27.9. The smallest absolute Gasteiger partial charge is 0.306 e. The first kappa shape index (κ1) is 60.2. The maximum atomic E-state index is 12.7. The second-order valence-electron chi connectivity index (χ2n) is 19.2. The highest BCUT2D eigenvalue weighted by Crippen LogP contribution is 2.38. The predicted octanol–water partition coefficient (Wildman–Crippen LogP) is 15.5. The summed E-state index contributed by atoms with van der Waals surface area (Å²) < 4.78 is 34.7. The highest BCUT2D eigenvalue weighted by Gasteiger charge is 2.20. The first-order valence-electron chi connectivity index (χ1n) is 26.4. The Labute approximate surface area is 380 Å². The summed E-state index contributed by atoms with van der Waals surface area (Å²) >= 11 is 0. The lowest BCUT2D eigenvalue weighted by Crippen LogP contribution is -2.37. The maximum Gasteiger partial charge on any atom is 0.306 e. The number of ether oxygens (including phenoxy) is 2. The van der Waals surface area contributed by atoms with Crippen molar-refractivity contribution >= 4 is 13.8 Å². The van der Waals surface area contributed by atoms with E-state index >= 15 is 0 Å². The maximum absolute atomic E-state index is 12.7. The second kappa shape index (κ2) is 45.8. The molecule has 61 heavy (non-hydrogen) atoms. The van der Waals surface area contributed by atoms with Gasteiger partial charge in [0.15, 0.2) is 0 Å². The number of phosphoric acid groups is 1. The summed E-state index contributed by atoms with van der Waals surface area (Å²) in [4.78, 5) is 25.1. The van der Waals surface area contributed by atoms with Gasteiger partial charge in [-0.25, -0.2) is 0 Å². The number of likely N-dealkylation sites (N-methyl/N-ethyl adjacent to an activating group) is 1. The molecule has 364 valence electrons. The molecule has 2 atom stereocenters. The summed E-state index contributed by atoms with van der Waals surface area (Å²) in [5.41, 5.74) is 0. The Kier molecular flexibility index (Phi) is 45.2. The topological polar surface area (TPSA) is 94.1 Å². The zero-order valence-corrected chi connectivity index (χ0v) is 42.3. The lowest BCUT2D eigenvalue weighted by molar-refractivity contribution is -0.870. The zero-order valence-electron chi connectivity index (χ0n) is 41.4. The van der Waals surface area contributed by atoms with Crippen molar-refractivity contribution in [3.05, 3.63) is 12.2 Å². The number of nitrogens with zero attached hydrogens (tertiary/aromatic N) is 1. The molecule has 0 N–H and O–H groups in total. The summed E-state index contributed by atoms with van der Waals surface area (Å²) in [5.74, 6) is -0.337. The monoisotopic (exact) mass is 886 g/mol. The SMILES string of the molecule is CCCCCCCC/C=C\CCCCCCCC(=O)OC(COCCCCCCCCCCCCCCCCCCCCCCCCCC)COP(=O)([O-])OCC[N+](C)(C)C. The van der Waals surface area contributed by atoms with Crippen molar-refractivity contribution in [3.8, 4) is 0 Å². The van der Waals surface area contributed by atoms with Gasteiger partial charge in [-0.05, 0) is 38.5 Å². The number of hydrogen-bond acceptors (Lipinski definition) is 7.